The van der Waals surface area contributed by atoms with Crippen molar-refractivity contribution in [2.24, 2.45) is 0 Å². The van der Waals surface area contributed by atoms with E-state index in [9.17, 15) is 4.79 Å². The van der Waals surface area contributed by atoms with Gasteiger partial charge in [0.05, 0.1) is 0 Å². The van der Waals surface area contributed by atoms with E-state index < -0.39 is 0 Å². The van der Waals surface area contributed by atoms with Gasteiger partial charge < -0.3 is 5.32 Å². The van der Waals surface area contributed by atoms with E-state index in [1.54, 1.807) is 0 Å². The molecule has 0 heterocycles. The highest BCUT2D eigenvalue weighted by atomic mass is 16.1. The average Bonchev–Trinajstić information content (AvgIpc) is 2.88. The van der Waals surface area contributed by atoms with Crippen LogP contribution >= 0.6 is 0 Å². The van der Waals surface area contributed by atoms with E-state index >= 15 is 0 Å². The van der Waals surface area contributed by atoms with E-state index in [1.165, 1.54) is 161 Å². The molecule has 0 atom stereocenters. The van der Waals surface area contributed by atoms with Gasteiger partial charge in [-0.3, -0.25) is 4.79 Å². The van der Waals surface area contributed by atoms with Gasteiger partial charge in [0.15, 0.2) is 0 Å². The molecular formula is C34H67NO. The Hall–Kier alpha value is -0.790. The second-order valence-corrected chi connectivity index (χ2v) is 11.3. The van der Waals surface area contributed by atoms with E-state index in [4.69, 9.17) is 0 Å². The molecule has 1 amide bonds. The zero-order chi connectivity index (χ0) is 26.2. The third-order valence-corrected chi connectivity index (χ3v) is 7.52. The van der Waals surface area contributed by atoms with Gasteiger partial charge in [0.25, 0.3) is 0 Å². The molecule has 0 rings (SSSR count). The van der Waals surface area contributed by atoms with Crippen LogP contribution < -0.4 is 5.32 Å². The molecule has 0 aromatic carbocycles. The molecule has 2 heteroatoms. The molecule has 0 aliphatic heterocycles. The SMILES string of the molecule is CCCCCCCCCCCCCCCC/C=C\CCCCCCCC(=O)NCCCCCCCC. The molecule has 0 spiro atoms. The van der Waals surface area contributed by atoms with Crippen LogP contribution in [0, 0.1) is 0 Å². The summed E-state index contributed by atoms with van der Waals surface area (Å²) in [6, 6.07) is 0. The number of hydrogen-bond acceptors (Lipinski definition) is 1. The fraction of sp³-hybridized carbons (Fsp3) is 0.912. The highest BCUT2D eigenvalue weighted by molar-refractivity contribution is 5.75. The van der Waals surface area contributed by atoms with Crippen molar-refractivity contribution in [1.82, 2.24) is 5.32 Å². The third kappa shape index (κ3) is 31.2. The van der Waals surface area contributed by atoms with Crippen molar-refractivity contribution in [3.8, 4) is 0 Å². The Labute approximate surface area is 228 Å². The maximum Gasteiger partial charge on any atom is 0.219 e. The molecule has 0 saturated carbocycles. The number of nitrogens with one attached hydrogen (secondary N) is 1. The molecular weight excluding hydrogens is 438 g/mol. The van der Waals surface area contributed by atoms with Crippen molar-refractivity contribution in [3.63, 3.8) is 0 Å². The summed E-state index contributed by atoms with van der Waals surface area (Å²) in [5, 5.41) is 3.09. The lowest BCUT2D eigenvalue weighted by Crippen LogP contribution is -2.23. The fourth-order valence-electron chi connectivity index (χ4n) is 4.99. The van der Waals surface area contributed by atoms with Crippen molar-refractivity contribution in [2.75, 3.05) is 6.54 Å². The van der Waals surface area contributed by atoms with Crippen LogP contribution in [0.15, 0.2) is 12.2 Å². The van der Waals surface area contributed by atoms with E-state index in [0.717, 1.165) is 25.8 Å². The van der Waals surface area contributed by atoms with E-state index in [-0.39, 0.29) is 5.91 Å². The van der Waals surface area contributed by atoms with Gasteiger partial charge in [0.2, 0.25) is 5.91 Å². The predicted molar refractivity (Wildman–Crippen MR) is 163 cm³/mol. The lowest BCUT2D eigenvalue weighted by molar-refractivity contribution is -0.121. The number of carbonyl (C=O) groups is 1. The molecule has 2 nitrogen and oxygen atoms in total. The Bertz CT molecular complexity index is 444. The Morgan fingerprint density at radius 1 is 0.444 bits per heavy atom. The van der Waals surface area contributed by atoms with Crippen LogP contribution in [0.2, 0.25) is 0 Å². The summed E-state index contributed by atoms with van der Waals surface area (Å²) in [4.78, 5) is 11.9. The van der Waals surface area contributed by atoms with Crippen LogP contribution in [0.1, 0.15) is 194 Å². The van der Waals surface area contributed by atoms with Crippen LogP contribution in [0.3, 0.4) is 0 Å². The standard InChI is InChI=1S/C34H67NO/c1-3-5-7-9-11-12-13-14-15-16-17-18-19-20-21-22-23-24-25-26-27-28-30-32-34(36)35-33-31-29-10-8-6-4-2/h22-23H,3-21,24-33H2,1-2H3,(H,35,36)/b23-22-. The van der Waals surface area contributed by atoms with E-state index in [0.29, 0.717) is 0 Å². The molecule has 0 aliphatic rings. The molecule has 0 aromatic heterocycles. The Balaban J connectivity index is 3.17. The Morgan fingerprint density at radius 3 is 1.19 bits per heavy atom. The van der Waals surface area contributed by atoms with Gasteiger partial charge in [0.1, 0.15) is 0 Å². The Morgan fingerprint density at radius 2 is 0.778 bits per heavy atom. The van der Waals surface area contributed by atoms with Crippen molar-refractivity contribution in [1.29, 1.82) is 0 Å². The van der Waals surface area contributed by atoms with E-state index in [2.05, 4.69) is 31.3 Å². The number of hydrogen-bond donors (Lipinski definition) is 1. The maximum absolute atomic E-state index is 11.9. The quantitative estimate of drug-likeness (QED) is 0.0763. The second-order valence-electron chi connectivity index (χ2n) is 11.3. The molecule has 0 radical (unpaired) electrons. The van der Waals surface area contributed by atoms with Crippen molar-refractivity contribution < 1.29 is 4.79 Å². The van der Waals surface area contributed by atoms with E-state index in [1.807, 2.05) is 0 Å². The maximum atomic E-state index is 11.9. The first kappa shape index (κ1) is 35.2. The molecule has 0 bridgehead atoms. The van der Waals surface area contributed by atoms with Gasteiger partial charge in [-0.05, 0) is 38.5 Å². The molecule has 214 valence electrons. The molecule has 0 aromatic rings. The summed E-state index contributed by atoms with van der Waals surface area (Å²) in [7, 11) is 0. The highest BCUT2D eigenvalue weighted by Gasteiger charge is 2.00. The minimum atomic E-state index is 0.259. The summed E-state index contributed by atoms with van der Waals surface area (Å²) in [5.74, 6) is 0.259. The first-order valence-electron chi connectivity index (χ1n) is 16.7. The van der Waals surface area contributed by atoms with Gasteiger partial charge in [0, 0.05) is 13.0 Å². The molecule has 36 heavy (non-hydrogen) atoms. The van der Waals surface area contributed by atoms with Crippen LogP contribution in [0.5, 0.6) is 0 Å². The Kier molecular flexibility index (Phi) is 31.5. The van der Waals surface area contributed by atoms with Gasteiger partial charge in [-0.15, -0.1) is 0 Å². The van der Waals surface area contributed by atoms with Crippen LogP contribution in [0.4, 0.5) is 0 Å². The molecule has 1 N–H and O–H groups in total. The number of allylic oxidation sites excluding steroid dienone is 2. The minimum absolute atomic E-state index is 0.259. The summed E-state index contributed by atoms with van der Waals surface area (Å²) in [6.45, 7) is 5.42. The predicted octanol–water partition coefficient (Wildman–Crippen LogP) is 11.6. The summed E-state index contributed by atoms with van der Waals surface area (Å²) in [5.41, 5.74) is 0. The van der Waals surface area contributed by atoms with Crippen molar-refractivity contribution in [3.05, 3.63) is 12.2 Å². The number of amides is 1. The highest BCUT2D eigenvalue weighted by Crippen LogP contribution is 2.14. The third-order valence-electron chi connectivity index (χ3n) is 7.52. The van der Waals surface area contributed by atoms with Crippen LogP contribution in [-0.2, 0) is 4.79 Å². The monoisotopic (exact) mass is 506 g/mol. The number of unbranched alkanes of at least 4 members (excludes halogenated alkanes) is 24. The fourth-order valence-corrected chi connectivity index (χ4v) is 4.99. The average molecular weight is 506 g/mol. The zero-order valence-electron chi connectivity index (χ0n) is 25.1. The summed E-state index contributed by atoms with van der Waals surface area (Å²) < 4.78 is 0. The lowest BCUT2D eigenvalue weighted by atomic mass is 10.0. The zero-order valence-corrected chi connectivity index (χ0v) is 25.1. The van der Waals surface area contributed by atoms with Gasteiger partial charge in [-0.2, -0.15) is 0 Å². The largest absolute Gasteiger partial charge is 0.356 e. The lowest BCUT2D eigenvalue weighted by Gasteiger charge is -2.05. The van der Waals surface area contributed by atoms with Gasteiger partial charge in [-0.1, -0.05) is 161 Å². The first-order valence-corrected chi connectivity index (χ1v) is 16.7. The molecule has 0 fully saturated rings. The number of rotatable bonds is 30. The van der Waals surface area contributed by atoms with Crippen molar-refractivity contribution >= 4 is 5.91 Å². The van der Waals surface area contributed by atoms with Crippen LogP contribution in [0.25, 0.3) is 0 Å². The molecule has 0 aliphatic carbocycles. The molecule has 0 saturated heterocycles. The normalized spacial score (nSPS) is 11.5. The summed E-state index contributed by atoms with van der Waals surface area (Å²) >= 11 is 0. The smallest absolute Gasteiger partial charge is 0.219 e. The molecule has 0 unspecified atom stereocenters. The minimum Gasteiger partial charge on any atom is -0.356 e. The van der Waals surface area contributed by atoms with Crippen LogP contribution in [-0.4, -0.2) is 12.5 Å². The summed E-state index contributed by atoms with van der Waals surface area (Å²) in [6.07, 6.45) is 42.0. The van der Waals surface area contributed by atoms with Gasteiger partial charge >= 0.3 is 0 Å². The van der Waals surface area contributed by atoms with Gasteiger partial charge in [-0.25, -0.2) is 0 Å². The topological polar surface area (TPSA) is 29.1 Å². The number of carbonyl (C=O) groups excluding carboxylic acids is 1. The second kappa shape index (κ2) is 32.2. The first-order chi connectivity index (χ1) is 17.8. The van der Waals surface area contributed by atoms with Crippen molar-refractivity contribution in [2.45, 2.75) is 194 Å².